The van der Waals surface area contributed by atoms with Gasteiger partial charge in [0.2, 0.25) is 5.91 Å². The summed E-state index contributed by atoms with van der Waals surface area (Å²) in [4.78, 5) is 16.9. The summed E-state index contributed by atoms with van der Waals surface area (Å²) in [5.41, 5.74) is 5.39. The highest BCUT2D eigenvalue weighted by Crippen LogP contribution is 2.32. The zero-order chi connectivity index (χ0) is 24.6. The molecule has 0 saturated carbocycles. The van der Waals surface area contributed by atoms with Crippen molar-refractivity contribution in [3.63, 3.8) is 0 Å². The Morgan fingerprint density at radius 1 is 1.00 bits per heavy atom. The van der Waals surface area contributed by atoms with E-state index >= 15 is 0 Å². The van der Waals surface area contributed by atoms with Crippen LogP contribution in [0.3, 0.4) is 0 Å². The van der Waals surface area contributed by atoms with Crippen LogP contribution < -0.4 is 10.1 Å². The number of aromatic nitrogens is 4. The average Bonchev–Trinajstić information content (AvgIpc) is 3.34. The van der Waals surface area contributed by atoms with Crippen LogP contribution in [0.4, 0.5) is 0 Å². The van der Waals surface area contributed by atoms with E-state index in [1.54, 1.807) is 19.5 Å². The van der Waals surface area contributed by atoms with Gasteiger partial charge in [0.25, 0.3) is 0 Å². The highest BCUT2D eigenvalue weighted by atomic mass is 32.2. The Bertz CT molecular complexity index is 1250. The van der Waals surface area contributed by atoms with Crippen LogP contribution in [0.25, 0.3) is 17.1 Å². The molecule has 0 aliphatic rings. The van der Waals surface area contributed by atoms with Gasteiger partial charge in [-0.15, -0.1) is 10.2 Å². The first-order valence-electron chi connectivity index (χ1n) is 11.6. The molecule has 7 nitrogen and oxygen atoms in total. The minimum absolute atomic E-state index is 0.0669. The summed E-state index contributed by atoms with van der Waals surface area (Å²) in [6.07, 6.45) is 5.28. The van der Waals surface area contributed by atoms with Crippen molar-refractivity contribution in [2.45, 2.75) is 38.4 Å². The van der Waals surface area contributed by atoms with E-state index in [0.717, 1.165) is 41.2 Å². The van der Waals surface area contributed by atoms with Crippen LogP contribution >= 0.6 is 11.8 Å². The third-order valence-corrected chi connectivity index (χ3v) is 6.65. The van der Waals surface area contributed by atoms with Gasteiger partial charge in [0.05, 0.1) is 18.6 Å². The number of para-hydroxylation sites is 1. The third-order valence-electron chi connectivity index (χ3n) is 5.72. The molecule has 0 radical (unpaired) electrons. The van der Waals surface area contributed by atoms with E-state index in [-0.39, 0.29) is 11.7 Å². The molecule has 4 aromatic rings. The van der Waals surface area contributed by atoms with Crippen LogP contribution in [0.15, 0.2) is 72.1 Å². The highest BCUT2D eigenvalue weighted by molar-refractivity contribution is 7.99. The maximum Gasteiger partial charge on any atom is 0.230 e. The van der Waals surface area contributed by atoms with E-state index in [2.05, 4.69) is 57.1 Å². The predicted octanol–water partition coefficient (Wildman–Crippen LogP) is 4.87. The Morgan fingerprint density at radius 3 is 2.37 bits per heavy atom. The van der Waals surface area contributed by atoms with Gasteiger partial charge in [-0.1, -0.05) is 55.9 Å². The molecule has 0 atom stereocenters. The molecule has 0 fully saturated rings. The number of methoxy groups -OCH3 is 1. The van der Waals surface area contributed by atoms with Gasteiger partial charge in [-0.3, -0.25) is 14.3 Å². The fourth-order valence-electron chi connectivity index (χ4n) is 3.87. The molecule has 2 aromatic carbocycles. The zero-order valence-corrected chi connectivity index (χ0v) is 21.0. The number of amides is 1. The summed E-state index contributed by atoms with van der Waals surface area (Å²) >= 11 is 1.38. The lowest BCUT2D eigenvalue weighted by Crippen LogP contribution is -2.24. The molecule has 8 heteroatoms. The second-order valence-corrected chi connectivity index (χ2v) is 8.87. The lowest BCUT2D eigenvalue weighted by atomic mass is 10.0. The van der Waals surface area contributed by atoms with Crippen LogP contribution in [-0.4, -0.2) is 38.5 Å². The number of nitrogens with one attached hydrogen (secondary N) is 1. The van der Waals surface area contributed by atoms with Crippen molar-refractivity contribution in [3.05, 3.63) is 83.7 Å². The molecule has 0 spiro atoms. The normalized spacial score (nSPS) is 10.8. The first-order chi connectivity index (χ1) is 17.1. The molecule has 1 N–H and O–H groups in total. The number of ether oxygens (including phenoxy) is 1. The van der Waals surface area contributed by atoms with Crippen molar-refractivity contribution >= 4 is 17.7 Å². The first kappa shape index (κ1) is 24.5. The molecule has 180 valence electrons. The van der Waals surface area contributed by atoms with Crippen molar-refractivity contribution in [2.24, 2.45) is 0 Å². The highest BCUT2D eigenvalue weighted by Gasteiger charge is 2.21. The van der Waals surface area contributed by atoms with Crippen molar-refractivity contribution in [2.75, 3.05) is 12.9 Å². The summed E-state index contributed by atoms with van der Waals surface area (Å²) in [5.74, 6) is 1.67. The Labute approximate surface area is 210 Å². The molecular formula is C27H29N5O2S. The van der Waals surface area contributed by atoms with Crippen LogP contribution in [0.2, 0.25) is 0 Å². The van der Waals surface area contributed by atoms with Crippen molar-refractivity contribution < 1.29 is 9.53 Å². The summed E-state index contributed by atoms with van der Waals surface area (Å²) in [7, 11) is 1.63. The minimum Gasteiger partial charge on any atom is -0.497 e. The van der Waals surface area contributed by atoms with E-state index in [4.69, 9.17) is 4.74 Å². The van der Waals surface area contributed by atoms with Crippen LogP contribution in [0, 0.1) is 0 Å². The molecule has 35 heavy (non-hydrogen) atoms. The second kappa shape index (κ2) is 11.7. The van der Waals surface area contributed by atoms with Gasteiger partial charge in [-0.2, -0.15) is 0 Å². The van der Waals surface area contributed by atoms with Gasteiger partial charge in [-0.05, 0) is 53.8 Å². The van der Waals surface area contributed by atoms with Crippen LogP contribution in [-0.2, 0) is 24.2 Å². The van der Waals surface area contributed by atoms with E-state index in [1.807, 2.05) is 36.4 Å². The van der Waals surface area contributed by atoms with Crippen LogP contribution in [0.1, 0.15) is 30.5 Å². The number of benzene rings is 2. The molecule has 2 aromatic heterocycles. The lowest BCUT2D eigenvalue weighted by molar-refractivity contribution is -0.118. The Kier molecular flexibility index (Phi) is 8.15. The molecular weight excluding hydrogens is 458 g/mol. The van der Waals surface area contributed by atoms with Gasteiger partial charge in [-0.25, -0.2) is 0 Å². The molecule has 0 bridgehead atoms. The molecule has 2 heterocycles. The van der Waals surface area contributed by atoms with Crippen LogP contribution in [0.5, 0.6) is 5.75 Å². The van der Waals surface area contributed by atoms with Crippen molar-refractivity contribution in [3.8, 4) is 22.8 Å². The third kappa shape index (κ3) is 5.71. The maximum absolute atomic E-state index is 12.7. The van der Waals surface area contributed by atoms with E-state index < -0.39 is 0 Å². The smallest absolute Gasteiger partial charge is 0.230 e. The van der Waals surface area contributed by atoms with E-state index in [1.165, 1.54) is 22.9 Å². The van der Waals surface area contributed by atoms with E-state index in [0.29, 0.717) is 11.7 Å². The molecule has 0 unspecified atom stereocenters. The maximum atomic E-state index is 12.7. The zero-order valence-electron chi connectivity index (χ0n) is 20.2. The molecule has 4 rings (SSSR count). The number of rotatable bonds is 10. The van der Waals surface area contributed by atoms with Crippen molar-refractivity contribution in [1.82, 2.24) is 25.1 Å². The summed E-state index contributed by atoms with van der Waals surface area (Å²) < 4.78 is 7.27. The van der Waals surface area contributed by atoms with Gasteiger partial charge < -0.3 is 10.1 Å². The largest absolute Gasteiger partial charge is 0.497 e. The lowest BCUT2D eigenvalue weighted by Gasteiger charge is -2.18. The Morgan fingerprint density at radius 2 is 1.74 bits per heavy atom. The number of hydrogen-bond acceptors (Lipinski definition) is 6. The Balaban J connectivity index is 1.59. The number of hydrogen-bond donors (Lipinski definition) is 1. The van der Waals surface area contributed by atoms with Gasteiger partial charge in [0.1, 0.15) is 5.75 Å². The monoisotopic (exact) mass is 487 g/mol. The SMILES string of the molecule is CCc1cccc(CC)c1-n1c(SCC(=O)NCc2ccc(OC)cc2)nnc1-c1cccnc1. The summed E-state index contributed by atoms with van der Waals surface area (Å²) in [5, 5.41) is 12.7. The minimum atomic E-state index is -0.0669. The number of aryl methyl sites for hydroxylation is 2. The predicted molar refractivity (Wildman–Crippen MR) is 139 cm³/mol. The molecule has 0 aliphatic carbocycles. The fraction of sp³-hybridized carbons (Fsp3) is 0.259. The number of nitrogens with zero attached hydrogens (tertiary/aromatic N) is 4. The summed E-state index contributed by atoms with van der Waals surface area (Å²) in [6, 6.07) is 17.9. The van der Waals surface area contributed by atoms with Gasteiger partial charge >= 0.3 is 0 Å². The van der Waals surface area contributed by atoms with E-state index in [9.17, 15) is 4.79 Å². The number of thioether (sulfide) groups is 1. The standard InChI is InChI=1S/C27H29N5O2S/c1-4-20-8-6-9-21(5-2)25(20)32-26(22-10-7-15-28-17-22)30-31-27(32)35-18-24(33)29-16-19-11-13-23(34-3)14-12-19/h6-15,17H,4-5,16,18H2,1-3H3,(H,29,33). The quantitative estimate of drug-likeness (QED) is 0.321. The number of carbonyl (C=O) groups excluding carboxylic acids is 1. The molecule has 1 amide bonds. The average molecular weight is 488 g/mol. The second-order valence-electron chi connectivity index (χ2n) is 7.93. The van der Waals surface area contributed by atoms with Gasteiger partial charge in [0.15, 0.2) is 11.0 Å². The van der Waals surface area contributed by atoms with Gasteiger partial charge in [0, 0.05) is 24.5 Å². The summed E-state index contributed by atoms with van der Waals surface area (Å²) in [6.45, 7) is 4.74. The topological polar surface area (TPSA) is 81.9 Å². The first-order valence-corrected chi connectivity index (χ1v) is 12.6. The number of pyridine rings is 1. The molecule has 0 aliphatic heterocycles. The fourth-order valence-corrected chi connectivity index (χ4v) is 4.64. The Hall–Kier alpha value is -3.65. The van der Waals surface area contributed by atoms with Crippen molar-refractivity contribution in [1.29, 1.82) is 0 Å². The molecule has 0 saturated heterocycles. The number of carbonyl (C=O) groups is 1.